The van der Waals surface area contributed by atoms with Gasteiger partial charge < -0.3 is 15.3 Å². The van der Waals surface area contributed by atoms with Crippen molar-refractivity contribution in [3.8, 4) is 0 Å². The van der Waals surface area contributed by atoms with E-state index in [1.54, 1.807) is 0 Å². The van der Waals surface area contributed by atoms with Crippen LogP contribution in [0.2, 0.25) is 0 Å². The van der Waals surface area contributed by atoms with Crippen molar-refractivity contribution in [2.24, 2.45) is 0 Å². The van der Waals surface area contributed by atoms with Gasteiger partial charge in [-0.05, 0) is 32.4 Å². The third-order valence-electron chi connectivity index (χ3n) is 3.35. The van der Waals surface area contributed by atoms with Crippen molar-refractivity contribution in [1.82, 2.24) is 9.97 Å². The molecule has 114 valence electrons. The molecule has 5 nitrogen and oxygen atoms in total. The first-order valence-electron chi connectivity index (χ1n) is 7.55. The number of aromatic nitrogens is 2. The van der Waals surface area contributed by atoms with Crippen molar-refractivity contribution in [2.75, 3.05) is 29.9 Å². The molecular formula is C16H24N4O. The number of fused-ring (bicyclic) bond motifs is 1. The third kappa shape index (κ3) is 3.61. The summed E-state index contributed by atoms with van der Waals surface area (Å²) in [6, 6.07) is 8.26. The van der Waals surface area contributed by atoms with Crippen LogP contribution in [0.5, 0.6) is 0 Å². The third-order valence-corrected chi connectivity index (χ3v) is 3.35. The molecule has 0 amide bonds. The lowest BCUT2D eigenvalue weighted by molar-refractivity contribution is 0.299. The van der Waals surface area contributed by atoms with Crippen molar-refractivity contribution in [3.05, 3.63) is 24.3 Å². The molecule has 1 heterocycles. The molecular weight excluding hydrogens is 264 g/mol. The van der Waals surface area contributed by atoms with Crippen LogP contribution in [0.3, 0.4) is 0 Å². The Morgan fingerprint density at radius 1 is 1.24 bits per heavy atom. The highest BCUT2D eigenvalue weighted by atomic mass is 16.3. The number of anilines is 2. The smallest absolute Gasteiger partial charge is 0.225 e. The minimum absolute atomic E-state index is 0.105. The van der Waals surface area contributed by atoms with Crippen LogP contribution in [-0.2, 0) is 0 Å². The molecule has 0 saturated carbocycles. The lowest BCUT2D eigenvalue weighted by Gasteiger charge is -2.28. The van der Waals surface area contributed by atoms with Crippen LogP contribution in [0.4, 0.5) is 11.8 Å². The van der Waals surface area contributed by atoms with Gasteiger partial charge >= 0.3 is 0 Å². The zero-order valence-electron chi connectivity index (χ0n) is 13.0. The molecule has 0 aliphatic heterocycles. The molecule has 1 aromatic carbocycles. The van der Waals surface area contributed by atoms with E-state index < -0.39 is 0 Å². The minimum Gasteiger partial charge on any atom is -0.395 e. The Labute approximate surface area is 126 Å². The van der Waals surface area contributed by atoms with Gasteiger partial charge in [0, 0.05) is 24.5 Å². The van der Waals surface area contributed by atoms with Crippen LogP contribution in [0.25, 0.3) is 10.9 Å². The van der Waals surface area contributed by atoms with Gasteiger partial charge in [-0.15, -0.1) is 0 Å². The maximum Gasteiger partial charge on any atom is 0.225 e. The number of para-hydroxylation sites is 1. The molecule has 2 N–H and O–H groups in total. The van der Waals surface area contributed by atoms with Crippen molar-refractivity contribution >= 4 is 22.7 Å². The number of benzene rings is 1. The van der Waals surface area contributed by atoms with E-state index in [2.05, 4.69) is 41.0 Å². The topological polar surface area (TPSA) is 61.3 Å². The second kappa shape index (κ2) is 7.22. The second-order valence-corrected chi connectivity index (χ2v) is 5.33. The molecule has 5 heteroatoms. The van der Waals surface area contributed by atoms with Crippen molar-refractivity contribution < 1.29 is 5.11 Å². The van der Waals surface area contributed by atoms with E-state index in [0.29, 0.717) is 12.5 Å². The lowest BCUT2D eigenvalue weighted by Crippen LogP contribution is -2.34. The van der Waals surface area contributed by atoms with Crippen LogP contribution in [0.1, 0.15) is 27.2 Å². The maximum absolute atomic E-state index is 9.33. The average molecular weight is 288 g/mol. The maximum atomic E-state index is 9.33. The zero-order chi connectivity index (χ0) is 15.2. The van der Waals surface area contributed by atoms with Gasteiger partial charge in [-0.2, -0.15) is 4.98 Å². The first-order valence-corrected chi connectivity index (χ1v) is 7.55. The quantitative estimate of drug-likeness (QED) is 0.820. The number of aliphatic hydroxyl groups excluding tert-OH is 1. The SMILES string of the molecule is CCCNc1nc(N(CCO)C(C)C)c2ccccc2n1. The monoisotopic (exact) mass is 288 g/mol. The summed E-state index contributed by atoms with van der Waals surface area (Å²) < 4.78 is 0. The predicted octanol–water partition coefficient (Wildman–Crippen LogP) is 2.66. The van der Waals surface area contributed by atoms with Crippen molar-refractivity contribution in [1.29, 1.82) is 0 Å². The predicted molar refractivity (Wildman–Crippen MR) is 87.9 cm³/mol. The number of nitrogens with zero attached hydrogens (tertiary/aromatic N) is 3. The molecule has 0 saturated heterocycles. The summed E-state index contributed by atoms with van der Waals surface area (Å²) in [5.41, 5.74) is 0.921. The van der Waals surface area contributed by atoms with E-state index in [9.17, 15) is 5.11 Å². The molecule has 0 spiro atoms. The second-order valence-electron chi connectivity index (χ2n) is 5.33. The average Bonchev–Trinajstić information content (AvgIpc) is 2.49. The minimum atomic E-state index is 0.105. The summed E-state index contributed by atoms with van der Waals surface area (Å²) in [5.74, 6) is 1.53. The summed E-state index contributed by atoms with van der Waals surface area (Å²) in [4.78, 5) is 11.3. The number of rotatable bonds is 7. The Hall–Kier alpha value is -1.88. The molecule has 2 rings (SSSR count). The Morgan fingerprint density at radius 2 is 2.00 bits per heavy atom. The molecule has 21 heavy (non-hydrogen) atoms. The van der Waals surface area contributed by atoms with Gasteiger partial charge in [0.1, 0.15) is 5.82 Å². The molecule has 0 radical (unpaired) electrons. The summed E-state index contributed by atoms with van der Waals surface area (Å²) in [6.07, 6.45) is 1.02. The lowest BCUT2D eigenvalue weighted by atomic mass is 10.2. The van der Waals surface area contributed by atoms with Crippen LogP contribution in [-0.4, -0.2) is 40.8 Å². The highest BCUT2D eigenvalue weighted by Crippen LogP contribution is 2.26. The number of aliphatic hydroxyl groups is 1. The highest BCUT2D eigenvalue weighted by Gasteiger charge is 2.16. The number of nitrogens with one attached hydrogen (secondary N) is 1. The van der Waals surface area contributed by atoms with Gasteiger partial charge in [-0.3, -0.25) is 0 Å². The van der Waals surface area contributed by atoms with E-state index in [-0.39, 0.29) is 12.6 Å². The molecule has 1 aromatic heterocycles. The summed E-state index contributed by atoms with van der Waals surface area (Å²) >= 11 is 0. The first-order chi connectivity index (χ1) is 10.2. The van der Waals surface area contributed by atoms with E-state index in [1.807, 2.05) is 24.3 Å². The molecule has 2 aromatic rings. The first kappa shape index (κ1) is 15.5. The fraction of sp³-hybridized carbons (Fsp3) is 0.500. The van der Waals surface area contributed by atoms with Crippen molar-refractivity contribution in [2.45, 2.75) is 33.2 Å². The Kier molecular flexibility index (Phi) is 5.33. The van der Waals surface area contributed by atoms with Crippen LogP contribution in [0.15, 0.2) is 24.3 Å². The van der Waals surface area contributed by atoms with Crippen molar-refractivity contribution in [3.63, 3.8) is 0 Å². The molecule has 0 atom stereocenters. The molecule has 0 unspecified atom stereocenters. The van der Waals surface area contributed by atoms with Crippen LogP contribution in [0, 0.1) is 0 Å². The molecule has 0 bridgehead atoms. The summed E-state index contributed by atoms with van der Waals surface area (Å²) in [7, 11) is 0. The Bertz CT molecular complexity index is 585. The van der Waals surface area contributed by atoms with Crippen LogP contribution >= 0.6 is 0 Å². The van der Waals surface area contributed by atoms with E-state index >= 15 is 0 Å². The molecule has 0 aliphatic rings. The number of hydrogen-bond donors (Lipinski definition) is 2. The van der Waals surface area contributed by atoms with Crippen LogP contribution < -0.4 is 10.2 Å². The normalized spacial score (nSPS) is 11.1. The van der Waals surface area contributed by atoms with E-state index in [0.717, 1.165) is 29.7 Å². The largest absolute Gasteiger partial charge is 0.395 e. The molecule has 0 fully saturated rings. The van der Waals surface area contributed by atoms with Gasteiger partial charge in [0.15, 0.2) is 0 Å². The highest BCUT2D eigenvalue weighted by molar-refractivity contribution is 5.90. The Balaban J connectivity index is 2.52. The zero-order valence-corrected chi connectivity index (χ0v) is 13.0. The fourth-order valence-corrected chi connectivity index (χ4v) is 2.31. The number of hydrogen-bond acceptors (Lipinski definition) is 5. The fourth-order valence-electron chi connectivity index (χ4n) is 2.31. The van der Waals surface area contributed by atoms with Gasteiger partial charge in [-0.25, -0.2) is 4.98 Å². The summed E-state index contributed by atoms with van der Waals surface area (Å²) in [5, 5.41) is 13.6. The van der Waals surface area contributed by atoms with Gasteiger partial charge in [0.05, 0.1) is 12.1 Å². The van der Waals surface area contributed by atoms with Gasteiger partial charge in [0.2, 0.25) is 5.95 Å². The standard InChI is InChI=1S/C16H24N4O/c1-4-9-17-16-18-14-8-6-5-7-13(14)15(19-16)20(10-11-21)12(2)3/h5-8,12,21H,4,9-11H2,1-3H3,(H,17,18,19). The molecule has 0 aliphatic carbocycles. The van der Waals surface area contributed by atoms with Gasteiger partial charge in [0.25, 0.3) is 0 Å². The van der Waals surface area contributed by atoms with E-state index in [1.165, 1.54) is 0 Å². The Morgan fingerprint density at radius 3 is 2.67 bits per heavy atom. The van der Waals surface area contributed by atoms with E-state index in [4.69, 9.17) is 0 Å². The summed E-state index contributed by atoms with van der Waals surface area (Å²) in [6.45, 7) is 7.83. The van der Waals surface area contributed by atoms with Gasteiger partial charge in [-0.1, -0.05) is 19.1 Å².